The highest BCUT2D eigenvalue weighted by Gasteiger charge is 2.49. The zero-order valence-electron chi connectivity index (χ0n) is 23.1. The summed E-state index contributed by atoms with van der Waals surface area (Å²) in [6.07, 6.45) is -0.187. The standard InChI is InChI=1S/C29H31N5O6S/c1-4-34-24-12-10-20(19(3)28(24)31-32-34)21(13-27(35)36)22-11-9-18(2)23(30-22)14-33-15-29(16-39-17-29)40-25-7-5-6-8-26(25)41(33,37)38/h5-12,21H,4,13-17H2,1-3H3,(H,35,36)/t21-/m1/s1. The maximum absolute atomic E-state index is 13.8. The third-order valence-electron chi connectivity index (χ3n) is 7.93. The van der Waals surface area contributed by atoms with Gasteiger partial charge in [-0.05, 0) is 61.7 Å². The molecule has 0 aliphatic carbocycles. The van der Waals surface area contributed by atoms with Crippen molar-refractivity contribution in [2.75, 3.05) is 19.8 Å². The molecule has 1 fully saturated rings. The number of aromatic nitrogens is 4. The minimum atomic E-state index is -3.92. The number of rotatable bonds is 7. The van der Waals surface area contributed by atoms with Crippen molar-refractivity contribution in [3.8, 4) is 5.75 Å². The molecule has 1 spiro atoms. The van der Waals surface area contributed by atoms with Gasteiger partial charge < -0.3 is 14.6 Å². The lowest BCUT2D eigenvalue weighted by Crippen LogP contribution is -2.60. The fourth-order valence-electron chi connectivity index (χ4n) is 5.63. The number of pyridine rings is 1. The maximum atomic E-state index is 13.8. The van der Waals surface area contributed by atoms with Gasteiger partial charge in [0.2, 0.25) is 10.0 Å². The second-order valence-electron chi connectivity index (χ2n) is 10.7. The molecule has 4 heterocycles. The van der Waals surface area contributed by atoms with Crippen molar-refractivity contribution in [2.24, 2.45) is 0 Å². The highest BCUT2D eigenvalue weighted by Crippen LogP contribution is 2.38. The van der Waals surface area contributed by atoms with Gasteiger partial charge in [-0.15, -0.1) is 5.10 Å². The van der Waals surface area contributed by atoms with Crippen LogP contribution in [0.2, 0.25) is 0 Å². The van der Waals surface area contributed by atoms with Crippen LogP contribution in [0.3, 0.4) is 0 Å². The zero-order chi connectivity index (χ0) is 28.9. The van der Waals surface area contributed by atoms with Gasteiger partial charge in [0, 0.05) is 18.2 Å². The van der Waals surface area contributed by atoms with E-state index in [-0.39, 0.29) is 37.6 Å². The molecule has 1 saturated heterocycles. The van der Waals surface area contributed by atoms with E-state index in [1.807, 2.05) is 45.0 Å². The number of nitrogens with zero attached hydrogens (tertiary/aromatic N) is 5. The van der Waals surface area contributed by atoms with E-state index in [4.69, 9.17) is 14.5 Å². The molecule has 6 rings (SSSR count). The predicted octanol–water partition coefficient (Wildman–Crippen LogP) is 3.42. The number of fused-ring (bicyclic) bond motifs is 2. The van der Waals surface area contributed by atoms with E-state index in [0.29, 0.717) is 23.7 Å². The quantitative estimate of drug-likeness (QED) is 0.350. The van der Waals surface area contributed by atoms with Crippen molar-refractivity contribution >= 4 is 27.0 Å². The summed E-state index contributed by atoms with van der Waals surface area (Å²) in [6.45, 7) is 7.11. The third kappa shape index (κ3) is 4.75. The number of hydrogen-bond donors (Lipinski definition) is 1. The van der Waals surface area contributed by atoms with Gasteiger partial charge in [0.15, 0.2) is 5.60 Å². The third-order valence-corrected chi connectivity index (χ3v) is 9.76. The molecule has 1 atom stereocenters. The minimum absolute atomic E-state index is 0.00405. The van der Waals surface area contributed by atoms with Crippen LogP contribution in [-0.4, -0.2) is 69.1 Å². The molecule has 0 unspecified atom stereocenters. The Kier molecular flexibility index (Phi) is 6.79. The molecule has 1 N–H and O–H groups in total. The predicted molar refractivity (Wildman–Crippen MR) is 149 cm³/mol. The average Bonchev–Trinajstić information content (AvgIpc) is 3.31. The van der Waals surface area contributed by atoms with Crippen molar-refractivity contribution in [3.05, 3.63) is 76.6 Å². The number of hydrogen-bond acceptors (Lipinski definition) is 8. The molecule has 12 heteroatoms. The molecule has 11 nitrogen and oxygen atoms in total. The number of carboxylic acid groups (broad SMARTS) is 1. The van der Waals surface area contributed by atoms with Crippen LogP contribution in [-0.2, 0) is 32.6 Å². The van der Waals surface area contributed by atoms with Crippen LogP contribution >= 0.6 is 0 Å². The van der Waals surface area contributed by atoms with Crippen molar-refractivity contribution < 1.29 is 27.8 Å². The summed E-state index contributed by atoms with van der Waals surface area (Å²) in [5, 5.41) is 18.4. The van der Waals surface area contributed by atoms with Crippen molar-refractivity contribution in [3.63, 3.8) is 0 Å². The maximum Gasteiger partial charge on any atom is 0.304 e. The van der Waals surface area contributed by atoms with Crippen molar-refractivity contribution in [1.82, 2.24) is 24.3 Å². The molecule has 214 valence electrons. The van der Waals surface area contributed by atoms with Crippen LogP contribution in [0.15, 0.2) is 53.4 Å². The minimum Gasteiger partial charge on any atom is -0.481 e. The van der Waals surface area contributed by atoms with Gasteiger partial charge in [0.1, 0.15) is 16.2 Å². The Morgan fingerprint density at radius 3 is 2.61 bits per heavy atom. The topological polar surface area (TPSA) is 137 Å². The summed E-state index contributed by atoms with van der Waals surface area (Å²) in [5.41, 5.74) is 4.34. The van der Waals surface area contributed by atoms with Gasteiger partial charge in [-0.25, -0.2) is 13.1 Å². The molecular weight excluding hydrogens is 546 g/mol. The Balaban J connectivity index is 1.40. The van der Waals surface area contributed by atoms with Gasteiger partial charge in [0.05, 0.1) is 43.9 Å². The van der Waals surface area contributed by atoms with Crippen LogP contribution in [0.5, 0.6) is 5.75 Å². The summed E-state index contributed by atoms with van der Waals surface area (Å²) in [5.74, 6) is -1.23. The number of carbonyl (C=O) groups is 1. The first-order valence-corrected chi connectivity index (χ1v) is 14.9. The summed E-state index contributed by atoms with van der Waals surface area (Å²) in [6, 6.07) is 14.1. The summed E-state index contributed by atoms with van der Waals surface area (Å²) < 4.78 is 42.5. The Labute approximate surface area is 237 Å². The van der Waals surface area contributed by atoms with E-state index in [1.54, 1.807) is 28.9 Å². The van der Waals surface area contributed by atoms with Crippen molar-refractivity contribution in [1.29, 1.82) is 0 Å². The lowest BCUT2D eigenvalue weighted by atomic mass is 9.88. The number of aliphatic carboxylic acids is 1. The SMILES string of the molecule is CCn1nnc2c(C)c([C@@H](CC(=O)O)c3ccc(C)c(CN4CC5(COC5)Oc5ccccc5S4(=O)=O)n3)ccc21. The number of carboxylic acids is 1. The zero-order valence-corrected chi connectivity index (χ0v) is 23.9. The highest BCUT2D eigenvalue weighted by atomic mass is 32.2. The fourth-order valence-corrected chi connectivity index (χ4v) is 7.22. The van der Waals surface area contributed by atoms with Gasteiger partial charge in [-0.3, -0.25) is 9.78 Å². The first-order valence-electron chi connectivity index (χ1n) is 13.5. The number of para-hydroxylation sites is 1. The lowest BCUT2D eigenvalue weighted by molar-refractivity contribution is -0.165. The van der Waals surface area contributed by atoms with E-state index in [1.165, 1.54) is 4.31 Å². The molecule has 4 aromatic rings. The molecule has 0 amide bonds. The molecule has 2 aliphatic heterocycles. The Hall–Kier alpha value is -3.87. The molecule has 2 aliphatic rings. The number of aryl methyl sites for hydroxylation is 3. The van der Waals surface area contributed by atoms with Crippen LogP contribution in [0, 0.1) is 13.8 Å². The number of ether oxygens (including phenoxy) is 2. The van der Waals surface area contributed by atoms with Gasteiger partial charge in [-0.2, -0.15) is 4.31 Å². The van der Waals surface area contributed by atoms with E-state index in [2.05, 4.69) is 10.3 Å². The molecule has 2 aromatic heterocycles. The van der Waals surface area contributed by atoms with E-state index in [9.17, 15) is 18.3 Å². The number of sulfonamides is 1. The molecule has 2 aromatic carbocycles. The van der Waals surface area contributed by atoms with Crippen LogP contribution in [0.1, 0.15) is 47.3 Å². The summed E-state index contributed by atoms with van der Waals surface area (Å²) in [7, 11) is -3.92. The summed E-state index contributed by atoms with van der Waals surface area (Å²) in [4.78, 5) is 17.0. The molecule has 41 heavy (non-hydrogen) atoms. The van der Waals surface area contributed by atoms with Crippen molar-refractivity contribution in [2.45, 2.75) is 56.7 Å². The lowest BCUT2D eigenvalue weighted by Gasteiger charge is -2.41. The Morgan fingerprint density at radius 1 is 1.12 bits per heavy atom. The largest absolute Gasteiger partial charge is 0.481 e. The second kappa shape index (κ2) is 10.2. The van der Waals surface area contributed by atoms with E-state index in [0.717, 1.165) is 27.7 Å². The molecule has 0 bridgehead atoms. The van der Waals surface area contributed by atoms with Gasteiger partial charge in [-0.1, -0.05) is 29.5 Å². The van der Waals surface area contributed by atoms with Crippen LogP contribution < -0.4 is 4.74 Å². The highest BCUT2D eigenvalue weighted by molar-refractivity contribution is 7.89. The van der Waals surface area contributed by atoms with E-state index >= 15 is 0 Å². The fraction of sp³-hybridized carbons (Fsp3) is 0.379. The monoisotopic (exact) mass is 577 g/mol. The smallest absolute Gasteiger partial charge is 0.304 e. The Morgan fingerprint density at radius 2 is 1.90 bits per heavy atom. The molecule has 0 saturated carbocycles. The van der Waals surface area contributed by atoms with Crippen LogP contribution in [0.4, 0.5) is 0 Å². The molecule has 0 radical (unpaired) electrons. The normalized spacial score (nSPS) is 18.3. The first-order chi connectivity index (χ1) is 19.6. The van der Waals surface area contributed by atoms with Gasteiger partial charge >= 0.3 is 5.97 Å². The van der Waals surface area contributed by atoms with Crippen LogP contribution in [0.25, 0.3) is 11.0 Å². The Bertz CT molecular complexity index is 1760. The molecular formula is C29H31N5O6S. The number of benzene rings is 2. The summed E-state index contributed by atoms with van der Waals surface area (Å²) >= 11 is 0. The average molecular weight is 578 g/mol. The van der Waals surface area contributed by atoms with E-state index < -0.39 is 27.5 Å². The van der Waals surface area contributed by atoms with Gasteiger partial charge in [0.25, 0.3) is 0 Å². The second-order valence-corrected chi connectivity index (χ2v) is 12.6. The first kappa shape index (κ1) is 27.3.